The van der Waals surface area contributed by atoms with Crippen molar-refractivity contribution in [3.63, 3.8) is 0 Å². The van der Waals surface area contributed by atoms with Crippen molar-refractivity contribution < 1.29 is 14.3 Å². The van der Waals surface area contributed by atoms with Crippen LogP contribution in [0.3, 0.4) is 0 Å². The highest BCUT2D eigenvalue weighted by atomic mass is 16.6. The molecular weight excluding hydrogens is 256 g/mol. The van der Waals surface area contributed by atoms with Crippen molar-refractivity contribution in [3.8, 4) is 0 Å². The van der Waals surface area contributed by atoms with E-state index in [9.17, 15) is 9.59 Å². The number of aryl methyl sites for hydroxylation is 1. The Bertz CT molecular complexity index is 528. The summed E-state index contributed by atoms with van der Waals surface area (Å²) in [5, 5.41) is 6.00. The Hall–Kier alpha value is -2.04. The van der Waals surface area contributed by atoms with Crippen molar-refractivity contribution in [3.05, 3.63) is 23.8 Å². The third kappa shape index (κ3) is 3.29. The molecule has 5 nitrogen and oxygen atoms in total. The number of rotatable bonds is 4. The van der Waals surface area contributed by atoms with E-state index in [1.54, 1.807) is 6.92 Å². The Balaban J connectivity index is 2.12. The highest BCUT2D eigenvalue weighted by Crippen LogP contribution is 2.24. The van der Waals surface area contributed by atoms with Crippen LogP contribution in [-0.4, -0.2) is 24.0 Å². The summed E-state index contributed by atoms with van der Waals surface area (Å²) in [7, 11) is 0. The first kappa shape index (κ1) is 14.4. The normalized spacial score (nSPS) is 21.4. The van der Waals surface area contributed by atoms with Gasteiger partial charge in [0.25, 0.3) is 0 Å². The molecule has 1 aliphatic rings. The zero-order valence-corrected chi connectivity index (χ0v) is 12.0. The van der Waals surface area contributed by atoms with Crippen molar-refractivity contribution in [2.75, 3.05) is 10.6 Å². The number of benzene rings is 1. The van der Waals surface area contributed by atoms with Crippen molar-refractivity contribution in [2.24, 2.45) is 0 Å². The van der Waals surface area contributed by atoms with E-state index in [1.165, 1.54) is 0 Å². The molecule has 1 aromatic rings. The number of cyclic esters (lactones) is 1. The lowest BCUT2D eigenvalue weighted by Gasteiger charge is -2.14. The van der Waals surface area contributed by atoms with Crippen LogP contribution in [-0.2, 0) is 14.3 Å². The van der Waals surface area contributed by atoms with Crippen LogP contribution in [0.1, 0.15) is 32.3 Å². The number of ether oxygens (including phenoxy) is 1. The highest BCUT2D eigenvalue weighted by molar-refractivity contribution is 5.91. The Morgan fingerprint density at radius 3 is 2.80 bits per heavy atom. The molecule has 2 N–H and O–H groups in total. The smallest absolute Gasteiger partial charge is 0.328 e. The molecule has 108 valence electrons. The number of amides is 1. The van der Waals surface area contributed by atoms with Gasteiger partial charge >= 0.3 is 5.97 Å². The lowest BCUT2D eigenvalue weighted by atomic mass is 10.1. The quantitative estimate of drug-likeness (QED) is 0.829. The fourth-order valence-electron chi connectivity index (χ4n) is 2.17. The largest absolute Gasteiger partial charge is 0.461 e. The van der Waals surface area contributed by atoms with E-state index in [1.807, 2.05) is 32.0 Å². The number of carbonyl (C=O) groups excluding carboxylic acids is 2. The topological polar surface area (TPSA) is 67.4 Å². The zero-order valence-electron chi connectivity index (χ0n) is 12.0. The van der Waals surface area contributed by atoms with Gasteiger partial charge in [-0.1, -0.05) is 13.0 Å². The van der Waals surface area contributed by atoms with Crippen LogP contribution in [0, 0.1) is 6.92 Å². The minimum Gasteiger partial charge on any atom is -0.461 e. The number of anilines is 2. The number of hydrogen-bond donors (Lipinski definition) is 2. The third-order valence-corrected chi connectivity index (χ3v) is 3.34. The van der Waals surface area contributed by atoms with Gasteiger partial charge < -0.3 is 15.4 Å². The molecule has 0 bridgehead atoms. The summed E-state index contributed by atoms with van der Waals surface area (Å²) in [5.41, 5.74) is 2.59. The van der Waals surface area contributed by atoms with Gasteiger partial charge in [0.1, 0.15) is 12.1 Å². The van der Waals surface area contributed by atoms with Gasteiger partial charge in [0.15, 0.2) is 0 Å². The molecule has 20 heavy (non-hydrogen) atoms. The number of carbonyl (C=O) groups is 2. The minimum atomic E-state index is -0.319. The Kier molecular flexibility index (Phi) is 4.27. The maximum Gasteiger partial charge on any atom is 0.328 e. The summed E-state index contributed by atoms with van der Waals surface area (Å²) in [6.07, 6.45) is 1.04. The van der Waals surface area contributed by atoms with Crippen LogP contribution >= 0.6 is 0 Å². The molecule has 5 heteroatoms. The van der Waals surface area contributed by atoms with Gasteiger partial charge in [-0.15, -0.1) is 0 Å². The second kappa shape index (κ2) is 5.94. The van der Waals surface area contributed by atoms with Crippen LogP contribution in [0.15, 0.2) is 18.2 Å². The van der Waals surface area contributed by atoms with E-state index >= 15 is 0 Å². The van der Waals surface area contributed by atoms with Crippen LogP contribution in [0.25, 0.3) is 0 Å². The summed E-state index contributed by atoms with van der Waals surface area (Å²) in [5.74, 6) is -0.256. The SMILES string of the molecule is CCC(=O)Nc1ccc(C)c(NC2CC(C)OC2=O)c1. The average Bonchev–Trinajstić information content (AvgIpc) is 2.71. The second-order valence-electron chi connectivity index (χ2n) is 5.11. The highest BCUT2D eigenvalue weighted by Gasteiger charge is 2.31. The Morgan fingerprint density at radius 2 is 2.20 bits per heavy atom. The van der Waals surface area contributed by atoms with E-state index in [-0.39, 0.29) is 24.0 Å². The van der Waals surface area contributed by atoms with E-state index < -0.39 is 0 Å². The number of hydrogen-bond acceptors (Lipinski definition) is 4. The van der Waals surface area contributed by atoms with Crippen LogP contribution in [0.4, 0.5) is 11.4 Å². The molecule has 0 aliphatic carbocycles. The lowest BCUT2D eigenvalue weighted by Crippen LogP contribution is -2.24. The maximum absolute atomic E-state index is 11.7. The Morgan fingerprint density at radius 1 is 1.45 bits per heavy atom. The molecule has 0 saturated carbocycles. The van der Waals surface area contributed by atoms with Gasteiger partial charge in [0.2, 0.25) is 5.91 Å². The minimum absolute atomic E-state index is 0.0336. The van der Waals surface area contributed by atoms with Crippen molar-refractivity contribution in [2.45, 2.75) is 45.8 Å². The Labute approximate surface area is 118 Å². The van der Waals surface area contributed by atoms with Gasteiger partial charge in [0, 0.05) is 24.2 Å². The summed E-state index contributed by atoms with van der Waals surface area (Å²) in [4.78, 5) is 23.1. The van der Waals surface area contributed by atoms with Gasteiger partial charge in [-0.25, -0.2) is 4.79 Å². The van der Waals surface area contributed by atoms with E-state index in [2.05, 4.69) is 10.6 Å². The molecule has 1 fully saturated rings. The molecule has 0 spiro atoms. The first-order chi connectivity index (χ1) is 9.49. The molecule has 1 amide bonds. The molecule has 1 saturated heterocycles. The van der Waals surface area contributed by atoms with Gasteiger partial charge in [-0.2, -0.15) is 0 Å². The summed E-state index contributed by atoms with van der Waals surface area (Å²) in [6.45, 7) is 5.64. The molecule has 1 aliphatic heterocycles. The summed E-state index contributed by atoms with van der Waals surface area (Å²) < 4.78 is 5.13. The summed E-state index contributed by atoms with van der Waals surface area (Å²) in [6, 6.07) is 5.29. The first-order valence-corrected chi connectivity index (χ1v) is 6.87. The van der Waals surface area contributed by atoms with Crippen molar-refractivity contribution in [1.29, 1.82) is 0 Å². The first-order valence-electron chi connectivity index (χ1n) is 6.87. The van der Waals surface area contributed by atoms with Gasteiger partial charge in [-0.05, 0) is 31.5 Å². The van der Waals surface area contributed by atoms with Gasteiger partial charge in [0.05, 0.1) is 0 Å². The second-order valence-corrected chi connectivity index (χ2v) is 5.11. The molecule has 2 rings (SSSR count). The van der Waals surface area contributed by atoms with E-state index in [0.717, 1.165) is 16.9 Å². The predicted molar refractivity (Wildman–Crippen MR) is 77.7 cm³/mol. The fraction of sp³-hybridized carbons (Fsp3) is 0.467. The summed E-state index contributed by atoms with van der Waals surface area (Å²) >= 11 is 0. The van der Waals surface area contributed by atoms with Crippen LogP contribution in [0.5, 0.6) is 0 Å². The fourth-order valence-corrected chi connectivity index (χ4v) is 2.17. The van der Waals surface area contributed by atoms with Crippen molar-refractivity contribution in [1.82, 2.24) is 0 Å². The maximum atomic E-state index is 11.7. The molecule has 0 aromatic heterocycles. The zero-order chi connectivity index (χ0) is 14.7. The third-order valence-electron chi connectivity index (χ3n) is 3.34. The van der Waals surface area contributed by atoms with Crippen LogP contribution < -0.4 is 10.6 Å². The molecule has 1 heterocycles. The van der Waals surface area contributed by atoms with E-state index in [0.29, 0.717) is 12.8 Å². The standard InChI is InChI=1S/C15H20N2O3/c1-4-14(18)16-11-6-5-9(2)12(8-11)17-13-7-10(3)20-15(13)19/h5-6,8,10,13,17H,4,7H2,1-3H3,(H,16,18). The van der Waals surface area contributed by atoms with Crippen LogP contribution in [0.2, 0.25) is 0 Å². The monoisotopic (exact) mass is 276 g/mol. The molecular formula is C15H20N2O3. The predicted octanol–water partition coefficient (Wildman–Crippen LogP) is 2.46. The number of nitrogens with one attached hydrogen (secondary N) is 2. The molecule has 2 unspecified atom stereocenters. The molecule has 0 radical (unpaired) electrons. The average molecular weight is 276 g/mol. The van der Waals surface area contributed by atoms with Gasteiger partial charge in [-0.3, -0.25) is 4.79 Å². The number of esters is 1. The molecule has 1 aromatic carbocycles. The van der Waals surface area contributed by atoms with E-state index in [4.69, 9.17) is 4.74 Å². The van der Waals surface area contributed by atoms with Crippen molar-refractivity contribution >= 4 is 23.3 Å². The lowest BCUT2D eigenvalue weighted by molar-refractivity contribution is -0.141. The molecule has 2 atom stereocenters.